The minimum absolute atomic E-state index is 0.0743. The Morgan fingerprint density at radius 1 is 1.08 bits per heavy atom. The lowest BCUT2D eigenvalue weighted by Gasteiger charge is -2.23. The fraction of sp³-hybridized carbons (Fsp3) is 0.300. The number of para-hydroxylation sites is 1. The first-order valence-corrected chi connectivity index (χ1v) is 8.54. The molecule has 0 saturated heterocycles. The second-order valence-corrected chi connectivity index (χ2v) is 6.04. The van der Waals surface area contributed by atoms with E-state index in [2.05, 4.69) is 10.6 Å². The van der Waals surface area contributed by atoms with Crippen LogP contribution in [0.3, 0.4) is 0 Å². The van der Waals surface area contributed by atoms with E-state index >= 15 is 0 Å². The molecule has 0 saturated carbocycles. The zero-order valence-electron chi connectivity index (χ0n) is 14.9. The van der Waals surface area contributed by atoms with Gasteiger partial charge in [-0.1, -0.05) is 62.7 Å². The van der Waals surface area contributed by atoms with Gasteiger partial charge in [0.1, 0.15) is 18.5 Å². The van der Waals surface area contributed by atoms with E-state index < -0.39 is 23.9 Å². The third-order valence-electron chi connectivity index (χ3n) is 4.11. The first kappa shape index (κ1) is 19.4. The molecule has 0 bridgehead atoms. The zero-order chi connectivity index (χ0) is 18.9. The zero-order valence-corrected chi connectivity index (χ0v) is 14.9. The van der Waals surface area contributed by atoms with E-state index in [1.807, 2.05) is 44.2 Å². The molecular formula is C20H23FN2O3. The molecule has 2 aromatic rings. The third kappa shape index (κ3) is 5.58. The molecule has 2 amide bonds. The highest BCUT2D eigenvalue weighted by Gasteiger charge is 2.27. The number of benzene rings is 2. The van der Waals surface area contributed by atoms with E-state index in [4.69, 9.17) is 4.74 Å². The summed E-state index contributed by atoms with van der Waals surface area (Å²) >= 11 is 0. The van der Waals surface area contributed by atoms with Gasteiger partial charge in [-0.05, 0) is 23.6 Å². The lowest BCUT2D eigenvalue weighted by atomic mass is 9.98. The average molecular weight is 358 g/mol. The second kappa shape index (κ2) is 9.56. The number of alkyl carbamates (subject to hydrolysis) is 1. The Balaban J connectivity index is 1.98. The van der Waals surface area contributed by atoms with Crippen LogP contribution in [0.2, 0.25) is 0 Å². The molecule has 0 aliphatic rings. The van der Waals surface area contributed by atoms with Crippen molar-refractivity contribution < 1.29 is 18.7 Å². The molecule has 2 atom stereocenters. The largest absolute Gasteiger partial charge is 0.445 e. The van der Waals surface area contributed by atoms with Gasteiger partial charge >= 0.3 is 6.09 Å². The van der Waals surface area contributed by atoms with Crippen molar-refractivity contribution in [3.63, 3.8) is 0 Å². The quantitative estimate of drug-likeness (QED) is 0.783. The SMILES string of the molecule is CC[C@@H](C)[C@@H](NC(=O)OCc1ccccc1)C(=O)Nc1ccccc1F. The van der Waals surface area contributed by atoms with E-state index in [0.29, 0.717) is 6.42 Å². The van der Waals surface area contributed by atoms with Crippen molar-refractivity contribution in [2.45, 2.75) is 32.9 Å². The van der Waals surface area contributed by atoms with Crippen molar-refractivity contribution in [3.8, 4) is 0 Å². The number of amides is 2. The lowest BCUT2D eigenvalue weighted by molar-refractivity contribution is -0.119. The summed E-state index contributed by atoms with van der Waals surface area (Å²) in [5.74, 6) is -1.16. The maximum Gasteiger partial charge on any atom is 0.408 e. The number of rotatable bonds is 7. The minimum atomic E-state index is -0.831. The Labute approximate surface area is 152 Å². The topological polar surface area (TPSA) is 67.4 Å². The van der Waals surface area contributed by atoms with Crippen molar-refractivity contribution in [3.05, 3.63) is 66.0 Å². The number of halogens is 1. The van der Waals surface area contributed by atoms with Crippen LogP contribution in [0.5, 0.6) is 0 Å². The molecule has 2 aromatic carbocycles. The van der Waals surface area contributed by atoms with Gasteiger partial charge in [0.25, 0.3) is 0 Å². The molecule has 0 aromatic heterocycles. The van der Waals surface area contributed by atoms with Gasteiger partial charge in [-0.15, -0.1) is 0 Å². The van der Waals surface area contributed by atoms with Gasteiger partial charge in [0.05, 0.1) is 5.69 Å². The summed E-state index contributed by atoms with van der Waals surface area (Å²) in [4.78, 5) is 24.6. The Morgan fingerprint density at radius 2 is 1.73 bits per heavy atom. The molecule has 0 radical (unpaired) electrons. The first-order chi connectivity index (χ1) is 12.5. The summed E-state index contributed by atoms with van der Waals surface area (Å²) in [7, 11) is 0. The molecule has 138 valence electrons. The van der Waals surface area contributed by atoms with E-state index in [1.54, 1.807) is 6.07 Å². The smallest absolute Gasteiger partial charge is 0.408 e. The summed E-state index contributed by atoms with van der Waals surface area (Å²) in [5.41, 5.74) is 0.920. The number of carbonyl (C=O) groups excluding carboxylic acids is 2. The minimum Gasteiger partial charge on any atom is -0.445 e. The maximum absolute atomic E-state index is 13.7. The van der Waals surface area contributed by atoms with Gasteiger partial charge in [-0.2, -0.15) is 0 Å². The number of hydrogen-bond donors (Lipinski definition) is 2. The Bertz CT molecular complexity index is 737. The van der Waals surface area contributed by atoms with Crippen LogP contribution in [-0.4, -0.2) is 18.0 Å². The Hall–Kier alpha value is -2.89. The van der Waals surface area contributed by atoms with E-state index in [9.17, 15) is 14.0 Å². The summed E-state index contributed by atoms with van der Waals surface area (Å²) in [6.45, 7) is 3.85. The summed E-state index contributed by atoms with van der Waals surface area (Å²) in [6, 6.07) is 14.3. The normalized spacial score (nSPS) is 12.7. The van der Waals surface area contributed by atoms with Gasteiger partial charge in [0.2, 0.25) is 5.91 Å². The second-order valence-electron chi connectivity index (χ2n) is 6.04. The standard InChI is InChI=1S/C20H23FN2O3/c1-3-14(2)18(19(24)22-17-12-8-7-11-16(17)21)23-20(25)26-13-15-9-5-4-6-10-15/h4-12,14,18H,3,13H2,1-2H3,(H,22,24)(H,23,25)/t14-,18-/m1/s1. The number of hydrogen-bond acceptors (Lipinski definition) is 3. The molecule has 0 heterocycles. The highest BCUT2D eigenvalue weighted by molar-refractivity contribution is 5.96. The van der Waals surface area contributed by atoms with Gasteiger partial charge < -0.3 is 15.4 Å². The third-order valence-corrected chi connectivity index (χ3v) is 4.11. The van der Waals surface area contributed by atoms with Crippen LogP contribution in [0.1, 0.15) is 25.8 Å². The molecule has 0 aliphatic carbocycles. The average Bonchev–Trinajstić information content (AvgIpc) is 2.66. The summed E-state index contributed by atoms with van der Waals surface area (Å²) in [5, 5.41) is 5.10. The van der Waals surface area contributed by atoms with Crippen LogP contribution in [0, 0.1) is 11.7 Å². The monoisotopic (exact) mass is 358 g/mol. The van der Waals surface area contributed by atoms with Crippen LogP contribution in [0.15, 0.2) is 54.6 Å². The molecule has 2 N–H and O–H groups in total. The highest BCUT2D eigenvalue weighted by Crippen LogP contribution is 2.15. The molecule has 0 spiro atoms. The first-order valence-electron chi connectivity index (χ1n) is 8.54. The van der Waals surface area contributed by atoms with Crippen molar-refractivity contribution in [2.24, 2.45) is 5.92 Å². The van der Waals surface area contributed by atoms with Crippen molar-refractivity contribution in [1.82, 2.24) is 5.32 Å². The number of ether oxygens (including phenoxy) is 1. The number of anilines is 1. The molecule has 0 fully saturated rings. The van der Waals surface area contributed by atoms with Gasteiger partial charge in [0, 0.05) is 0 Å². The molecule has 0 unspecified atom stereocenters. The van der Waals surface area contributed by atoms with Gasteiger partial charge in [-0.3, -0.25) is 4.79 Å². The van der Waals surface area contributed by atoms with Crippen molar-refractivity contribution >= 4 is 17.7 Å². The fourth-order valence-electron chi connectivity index (χ4n) is 2.37. The summed E-state index contributed by atoms with van der Waals surface area (Å²) < 4.78 is 18.9. The molecule has 2 rings (SSSR count). The van der Waals surface area contributed by atoms with Crippen LogP contribution in [0.25, 0.3) is 0 Å². The molecule has 6 heteroatoms. The number of carbonyl (C=O) groups is 2. The van der Waals surface area contributed by atoms with E-state index in [-0.39, 0.29) is 18.2 Å². The molecule has 5 nitrogen and oxygen atoms in total. The maximum atomic E-state index is 13.7. The lowest BCUT2D eigenvalue weighted by Crippen LogP contribution is -2.47. The predicted octanol–water partition coefficient (Wildman–Crippen LogP) is 4.11. The molecular weight excluding hydrogens is 335 g/mol. The van der Waals surface area contributed by atoms with Crippen LogP contribution in [-0.2, 0) is 16.1 Å². The van der Waals surface area contributed by atoms with Crippen molar-refractivity contribution in [2.75, 3.05) is 5.32 Å². The van der Waals surface area contributed by atoms with Crippen LogP contribution < -0.4 is 10.6 Å². The molecule has 0 aliphatic heterocycles. The fourth-order valence-corrected chi connectivity index (χ4v) is 2.37. The van der Waals surface area contributed by atoms with Gasteiger partial charge in [0.15, 0.2) is 0 Å². The summed E-state index contributed by atoms with van der Waals surface area (Å²) in [6.07, 6.45) is -0.0308. The highest BCUT2D eigenvalue weighted by atomic mass is 19.1. The van der Waals surface area contributed by atoms with E-state index in [1.165, 1.54) is 18.2 Å². The Kier molecular flexibility index (Phi) is 7.14. The van der Waals surface area contributed by atoms with Crippen LogP contribution >= 0.6 is 0 Å². The van der Waals surface area contributed by atoms with E-state index in [0.717, 1.165) is 5.56 Å². The van der Waals surface area contributed by atoms with Gasteiger partial charge in [-0.25, -0.2) is 9.18 Å². The predicted molar refractivity (Wildman–Crippen MR) is 98.0 cm³/mol. The Morgan fingerprint density at radius 3 is 2.38 bits per heavy atom. The van der Waals surface area contributed by atoms with Crippen molar-refractivity contribution in [1.29, 1.82) is 0 Å². The number of nitrogens with one attached hydrogen (secondary N) is 2. The van der Waals surface area contributed by atoms with Crippen LogP contribution in [0.4, 0.5) is 14.9 Å². The molecule has 26 heavy (non-hydrogen) atoms.